The van der Waals surface area contributed by atoms with Crippen LogP contribution in [-0.4, -0.2) is 18.3 Å². The molecule has 0 radical (unpaired) electrons. The highest BCUT2D eigenvalue weighted by molar-refractivity contribution is 5.94. The summed E-state index contributed by atoms with van der Waals surface area (Å²) in [5.41, 5.74) is -6.42. The Kier molecular flexibility index (Phi) is 4.79. The molecule has 2 rings (SSSR count). The van der Waals surface area contributed by atoms with Crippen LogP contribution in [0.5, 0.6) is 0 Å². The van der Waals surface area contributed by atoms with Crippen molar-refractivity contribution in [1.29, 1.82) is 0 Å². The Balaban J connectivity index is 2.63. The van der Waals surface area contributed by atoms with Crippen LogP contribution in [0, 0.1) is 5.82 Å². The standard InChI is InChI=1S/C16H10F7NO/c17-12-8-6-11(7-9-12)14(15(18,19)20,16(21,22)23)24-13(25)10-4-2-1-3-5-10/h1-9H,(H,24,25). The maximum absolute atomic E-state index is 13.5. The Hall–Kier alpha value is -2.58. The quantitative estimate of drug-likeness (QED) is 0.793. The van der Waals surface area contributed by atoms with Crippen molar-refractivity contribution in [1.82, 2.24) is 5.32 Å². The molecule has 0 aliphatic carbocycles. The van der Waals surface area contributed by atoms with Gasteiger partial charge in [-0.05, 0) is 29.8 Å². The lowest BCUT2D eigenvalue weighted by atomic mass is 9.87. The maximum atomic E-state index is 13.5. The molecule has 0 fully saturated rings. The minimum atomic E-state index is -5.92. The van der Waals surface area contributed by atoms with Gasteiger partial charge in [0.15, 0.2) is 0 Å². The van der Waals surface area contributed by atoms with E-state index in [1.807, 2.05) is 0 Å². The maximum Gasteiger partial charge on any atom is 0.424 e. The van der Waals surface area contributed by atoms with Crippen LogP contribution in [0.15, 0.2) is 54.6 Å². The van der Waals surface area contributed by atoms with Crippen LogP contribution in [0.1, 0.15) is 15.9 Å². The van der Waals surface area contributed by atoms with Crippen molar-refractivity contribution in [3.63, 3.8) is 0 Å². The number of amides is 1. The van der Waals surface area contributed by atoms with Gasteiger partial charge < -0.3 is 5.32 Å². The van der Waals surface area contributed by atoms with E-state index in [0.29, 0.717) is 24.3 Å². The summed E-state index contributed by atoms with van der Waals surface area (Å²) in [5, 5.41) is 1.05. The number of alkyl halides is 6. The highest BCUT2D eigenvalue weighted by Gasteiger charge is 2.72. The van der Waals surface area contributed by atoms with Gasteiger partial charge in [-0.1, -0.05) is 30.3 Å². The molecule has 1 N–H and O–H groups in total. The van der Waals surface area contributed by atoms with E-state index in [4.69, 9.17) is 0 Å². The number of hydrogen-bond acceptors (Lipinski definition) is 1. The molecule has 0 aliphatic rings. The fourth-order valence-electron chi connectivity index (χ4n) is 2.23. The van der Waals surface area contributed by atoms with Gasteiger partial charge in [0.25, 0.3) is 11.4 Å². The molecule has 2 nitrogen and oxygen atoms in total. The average molecular weight is 365 g/mol. The van der Waals surface area contributed by atoms with Gasteiger partial charge in [0, 0.05) is 5.56 Å². The number of carbonyl (C=O) groups is 1. The summed E-state index contributed by atoms with van der Waals surface area (Å²) in [7, 11) is 0. The van der Waals surface area contributed by atoms with Gasteiger partial charge in [0.2, 0.25) is 0 Å². The topological polar surface area (TPSA) is 29.1 Å². The number of nitrogens with one attached hydrogen (secondary N) is 1. The van der Waals surface area contributed by atoms with Gasteiger partial charge in [0.1, 0.15) is 5.82 Å². The van der Waals surface area contributed by atoms with E-state index in [-0.39, 0.29) is 5.56 Å². The molecule has 0 unspecified atom stereocenters. The molecule has 0 saturated heterocycles. The van der Waals surface area contributed by atoms with Crippen molar-refractivity contribution < 1.29 is 35.5 Å². The number of carbonyl (C=O) groups excluding carboxylic acids is 1. The van der Waals surface area contributed by atoms with E-state index < -0.39 is 35.2 Å². The molecule has 0 aromatic heterocycles. The van der Waals surface area contributed by atoms with Crippen LogP contribution in [0.4, 0.5) is 30.7 Å². The minimum absolute atomic E-state index is 0.335. The van der Waals surface area contributed by atoms with E-state index in [1.54, 1.807) is 0 Å². The summed E-state index contributed by atoms with van der Waals surface area (Å²) in [6, 6.07) is 7.73. The van der Waals surface area contributed by atoms with Gasteiger partial charge >= 0.3 is 12.4 Å². The minimum Gasteiger partial charge on any atom is -0.327 e. The van der Waals surface area contributed by atoms with Crippen molar-refractivity contribution in [3.8, 4) is 0 Å². The number of benzene rings is 2. The lowest BCUT2D eigenvalue weighted by Crippen LogP contribution is -2.64. The summed E-state index contributed by atoms with van der Waals surface area (Å²) in [6.45, 7) is 0. The second kappa shape index (κ2) is 6.38. The second-order valence-electron chi connectivity index (χ2n) is 5.07. The Labute approximate surface area is 137 Å². The molecular weight excluding hydrogens is 355 g/mol. The van der Waals surface area contributed by atoms with Crippen LogP contribution in [-0.2, 0) is 5.54 Å². The fraction of sp³-hybridized carbons (Fsp3) is 0.188. The van der Waals surface area contributed by atoms with Crippen LogP contribution in [0.25, 0.3) is 0 Å². The van der Waals surface area contributed by atoms with E-state index in [1.165, 1.54) is 18.2 Å². The molecule has 25 heavy (non-hydrogen) atoms. The van der Waals surface area contributed by atoms with Crippen molar-refractivity contribution in [3.05, 3.63) is 71.5 Å². The molecule has 2 aromatic rings. The predicted octanol–water partition coefficient (Wildman–Crippen LogP) is 4.58. The summed E-state index contributed by atoms with van der Waals surface area (Å²) in [4.78, 5) is 12.0. The van der Waals surface area contributed by atoms with Gasteiger partial charge in [0.05, 0.1) is 0 Å². The van der Waals surface area contributed by atoms with E-state index in [9.17, 15) is 35.5 Å². The van der Waals surface area contributed by atoms with Gasteiger partial charge in [-0.25, -0.2) is 4.39 Å². The molecule has 0 atom stereocenters. The van der Waals surface area contributed by atoms with Crippen molar-refractivity contribution >= 4 is 5.91 Å². The zero-order valence-corrected chi connectivity index (χ0v) is 12.3. The molecule has 9 heteroatoms. The molecule has 0 saturated carbocycles. The molecule has 0 spiro atoms. The number of rotatable bonds is 3. The molecule has 134 valence electrons. The summed E-state index contributed by atoms with van der Waals surface area (Å²) in [5.74, 6) is -2.59. The molecular formula is C16H10F7NO. The Morgan fingerprint density at radius 1 is 0.760 bits per heavy atom. The van der Waals surface area contributed by atoms with E-state index in [0.717, 1.165) is 17.4 Å². The monoisotopic (exact) mass is 365 g/mol. The lowest BCUT2D eigenvalue weighted by Gasteiger charge is -2.38. The third-order valence-electron chi connectivity index (χ3n) is 3.46. The van der Waals surface area contributed by atoms with E-state index >= 15 is 0 Å². The van der Waals surface area contributed by atoms with Gasteiger partial charge in [-0.3, -0.25) is 4.79 Å². The largest absolute Gasteiger partial charge is 0.424 e. The number of halogens is 7. The fourth-order valence-corrected chi connectivity index (χ4v) is 2.23. The van der Waals surface area contributed by atoms with Crippen LogP contribution < -0.4 is 5.32 Å². The zero-order valence-electron chi connectivity index (χ0n) is 12.3. The Morgan fingerprint density at radius 2 is 1.24 bits per heavy atom. The lowest BCUT2D eigenvalue weighted by molar-refractivity contribution is -0.310. The predicted molar refractivity (Wildman–Crippen MR) is 74.1 cm³/mol. The third-order valence-corrected chi connectivity index (χ3v) is 3.46. The first-order chi connectivity index (χ1) is 11.5. The highest BCUT2D eigenvalue weighted by atomic mass is 19.4. The highest BCUT2D eigenvalue weighted by Crippen LogP contribution is 2.50. The first-order valence-electron chi connectivity index (χ1n) is 6.76. The average Bonchev–Trinajstić information content (AvgIpc) is 2.52. The van der Waals surface area contributed by atoms with Crippen molar-refractivity contribution in [2.75, 3.05) is 0 Å². The van der Waals surface area contributed by atoms with Gasteiger partial charge in [-0.15, -0.1) is 0 Å². The molecule has 0 heterocycles. The SMILES string of the molecule is O=C(NC(c1ccc(F)cc1)(C(F)(F)F)C(F)(F)F)c1ccccc1. The first-order valence-corrected chi connectivity index (χ1v) is 6.76. The Bertz CT molecular complexity index is 722. The smallest absolute Gasteiger partial charge is 0.327 e. The summed E-state index contributed by atoms with van der Waals surface area (Å²) < 4.78 is 94.0. The third kappa shape index (κ3) is 3.45. The van der Waals surface area contributed by atoms with Crippen LogP contribution in [0.2, 0.25) is 0 Å². The molecule has 1 amide bonds. The zero-order chi connectivity index (χ0) is 18.9. The Morgan fingerprint density at radius 3 is 1.68 bits per heavy atom. The van der Waals surface area contributed by atoms with Crippen LogP contribution in [0.3, 0.4) is 0 Å². The first kappa shape index (κ1) is 18.8. The number of hydrogen-bond donors (Lipinski definition) is 1. The van der Waals surface area contributed by atoms with E-state index in [2.05, 4.69) is 0 Å². The normalized spacial score (nSPS) is 12.8. The summed E-state index contributed by atoms with van der Waals surface area (Å²) >= 11 is 0. The summed E-state index contributed by atoms with van der Waals surface area (Å²) in [6.07, 6.45) is -11.8. The molecule has 0 bridgehead atoms. The van der Waals surface area contributed by atoms with Gasteiger partial charge in [-0.2, -0.15) is 26.3 Å². The molecule has 2 aromatic carbocycles. The second-order valence-corrected chi connectivity index (χ2v) is 5.07. The molecule has 0 aliphatic heterocycles. The van der Waals surface area contributed by atoms with Crippen molar-refractivity contribution in [2.45, 2.75) is 17.9 Å². The van der Waals surface area contributed by atoms with Crippen molar-refractivity contribution in [2.24, 2.45) is 0 Å². The van der Waals surface area contributed by atoms with Crippen LogP contribution >= 0.6 is 0 Å².